The van der Waals surface area contributed by atoms with Gasteiger partial charge in [0.2, 0.25) is 0 Å². The fourth-order valence-corrected chi connectivity index (χ4v) is 0.462. The summed E-state index contributed by atoms with van der Waals surface area (Å²) >= 11 is 0. The molecular weight excluding hydrogens is 152 g/mol. The molecular formula is C10H12O2. The van der Waals surface area contributed by atoms with Crippen molar-refractivity contribution in [3.8, 4) is 24.1 Å². The maximum atomic E-state index is 4.89. The van der Waals surface area contributed by atoms with Gasteiger partial charge in [-0.15, -0.1) is 0 Å². The van der Waals surface area contributed by atoms with E-state index in [4.69, 9.17) is 9.47 Å². The van der Waals surface area contributed by atoms with E-state index in [-0.39, 0.29) is 0 Å². The van der Waals surface area contributed by atoms with Crippen LogP contribution >= 0.6 is 0 Å². The molecule has 64 valence electrons. The Balaban J connectivity index is 3.42. The van der Waals surface area contributed by atoms with Gasteiger partial charge in [0.25, 0.3) is 0 Å². The molecule has 0 bridgehead atoms. The molecule has 0 atom stereocenters. The summed E-state index contributed by atoms with van der Waals surface area (Å²) in [6.45, 7) is 7.92. The Morgan fingerprint density at radius 3 is 1.83 bits per heavy atom. The Hall–Kier alpha value is -1.54. The minimum absolute atomic E-state index is 0.395. The van der Waals surface area contributed by atoms with E-state index in [1.165, 1.54) is 0 Å². The van der Waals surface area contributed by atoms with Crippen LogP contribution in [0.5, 0.6) is 0 Å². The summed E-state index contributed by atoms with van der Waals surface area (Å²) in [6, 6.07) is 0. The average Bonchev–Trinajstić information content (AvgIpc) is 2.06. The third kappa shape index (κ3) is 6.58. The highest BCUT2D eigenvalue weighted by Gasteiger charge is 1.92. The Labute approximate surface area is 73.6 Å². The van der Waals surface area contributed by atoms with E-state index < -0.39 is 0 Å². The summed E-state index contributed by atoms with van der Waals surface area (Å²) in [5.74, 6) is 5.22. The third-order valence-corrected chi connectivity index (χ3v) is 0.901. The highest BCUT2D eigenvalue weighted by atomic mass is 16.5. The van der Waals surface area contributed by atoms with Gasteiger partial charge in [-0.1, -0.05) is 18.4 Å². The predicted octanol–water partition coefficient (Wildman–Crippen LogP) is 1.54. The summed E-state index contributed by atoms with van der Waals surface area (Å²) in [4.78, 5) is 0. The zero-order valence-electron chi connectivity index (χ0n) is 7.44. The molecule has 0 aromatic heterocycles. The van der Waals surface area contributed by atoms with Crippen LogP contribution in [0.2, 0.25) is 0 Å². The van der Waals surface area contributed by atoms with Crippen LogP contribution in [0.1, 0.15) is 13.8 Å². The lowest BCUT2D eigenvalue weighted by Gasteiger charge is -2.00. The second-order valence-electron chi connectivity index (χ2n) is 2.03. The average molecular weight is 164 g/mol. The minimum atomic E-state index is 0.395. The molecule has 0 heterocycles. The summed E-state index contributed by atoms with van der Waals surface area (Å²) < 4.78 is 9.77. The van der Waals surface area contributed by atoms with Crippen LogP contribution in [0.25, 0.3) is 0 Å². The number of hydrogen-bond donors (Lipinski definition) is 0. The van der Waals surface area contributed by atoms with Gasteiger partial charge in [0.15, 0.2) is 0 Å². The van der Waals surface area contributed by atoms with E-state index in [2.05, 4.69) is 30.6 Å². The monoisotopic (exact) mass is 164 g/mol. The van der Waals surface area contributed by atoms with Crippen LogP contribution in [0.3, 0.4) is 0 Å². The molecule has 0 saturated heterocycles. The van der Waals surface area contributed by atoms with Crippen molar-refractivity contribution in [2.24, 2.45) is 0 Å². The first-order chi connectivity index (χ1) is 5.81. The van der Waals surface area contributed by atoms with Crippen molar-refractivity contribution < 1.29 is 9.47 Å². The number of hydrogen-bond acceptors (Lipinski definition) is 2. The molecule has 0 unspecified atom stereocenters. The van der Waals surface area contributed by atoms with E-state index >= 15 is 0 Å². The smallest absolute Gasteiger partial charge is 0.124 e. The van der Waals surface area contributed by atoms with Gasteiger partial charge in [-0.3, -0.25) is 0 Å². The van der Waals surface area contributed by atoms with Gasteiger partial charge >= 0.3 is 0 Å². The summed E-state index contributed by atoms with van der Waals surface area (Å²) in [5.41, 5.74) is 0.820. The van der Waals surface area contributed by atoms with Gasteiger partial charge in [-0.25, -0.2) is 0 Å². The second-order valence-corrected chi connectivity index (χ2v) is 2.03. The van der Waals surface area contributed by atoms with Crippen LogP contribution in [0.4, 0.5) is 0 Å². The number of rotatable bonds is 4. The van der Waals surface area contributed by atoms with Gasteiger partial charge in [-0.2, -0.15) is 0 Å². The van der Waals surface area contributed by atoms with Crippen molar-refractivity contribution in [2.75, 3.05) is 13.2 Å². The fraction of sp³-hybridized carbons (Fsp3) is 0.400. The molecule has 0 N–H and O–H groups in total. The molecule has 0 rings (SSSR count). The SMILES string of the molecule is C=C(COC#CC)COC#CC. The Kier molecular flexibility index (Phi) is 6.59. The van der Waals surface area contributed by atoms with Gasteiger partial charge in [-0.05, 0) is 5.57 Å². The van der Waals surface area contributed by atoms with Crippen molar-refractivity contribution >= 4 is 0 Å². The van der Waals surface area contributed by atoms with E-state index in [1.54, 1.807) is 13.8 Å². The van der Waals surface area contributed by atoms with Crippen molar-refractivity contribution in [1.29, 1.82) is 0 Å². The van der Waals surface area contributed by atoms with Gasteiger partial charge in [0.05, 0.1) is 0 Å². The first-order valence-corrected chi connectivity index (χ1v) is 3.55. The molecule has 0 aliphatic heterocycles. The summed E-state index contributed by atoms with van der Waals surface area (Å²) in [6.07, 6.45) is 4.93. The molecule has 12 heavy (non-hydrogen) atoms. The summed E-state index contributed by atoms with van der Waals surface area (Å²) in [5, 5.41) is 0. The molecule has 2 nitrogen and oxygen atoms in total. The molecule has 0 fully saturated rings. The minimum Gasteiger partial charge on any atom is -0.442 e. The fourth-order valence-electron chi connectivity index (χ4n) is 0.462. The Bertz CT molecular complexity index is 218. The Morgan fingerprint density at radius 2 is 1.50 bits per heavy atom. The zero-order valence-corrected chi connectivity index (χ0v) is 7.44. The lowest BCUT2D eigenvalue weighted by molar-refractivity contribution is 0.261. The first kappa shape index (κ1) is 10.5. The molecule has 0 aliphatic rings. The van der Waals surface area contributed by atoms with Crippen LogP contribution in [0, 0.1) is 24.1 Å². The maximum absolute atomic E-state index is 4.89. The molecule has 0 spiro atoms. The van der Waals surface area contributed by atoms with Crippen molar-refractivity contribution in [2.45, 2.75) is 13.8 Å². The van der Waals surface area contributed by atoms with Gasteiger partial charge in [0, 0.05) is 13.8 Å². The van der Waals surface area contributed by atoms with E-state index in [0.717, 1.165) is 5.57 Å². The highest BCUT2D eigenvalue weighted by Crippen LogP contribution is 1.91. The summed E-state index contributed by atoms with van der Waals surface area (Å²) in [7, 11) is 0. The van der Waals surface area contributed by atoms with E-state index in [9.17, 15) is 0 Å². The largest absolute Gasteiger partial charge is 0.442 e. The van der Waals surface area contributed by atoms with Crippen LogP contribution in [0.15, 0.2) is 12.2 Å². The maximum Gasteiger partial charge on any atom is 0.124 e. The standard InChI is InChI=1S/C10H12O2/c1-4-6-11-8-10(3)9-12-7-5-2/h3,8-9H2,1-2H3. The van der Waals surface area contributed by atoms with Crippen LogP contribution in [-0.4, -0.2) is 13.2 Å². The lowest BCUT2D eigenvalue weighted by atomic mass is 10.3. The number of ether oxygens (including phenoxy) is 2. The van der Waals surface area contributed by atoms with Crippen LogP contribution < -0.4 is 0 Å². The van der Waals surface area contributed by atoms with Crippen molar-refractivity contribution in [3.63, 3.8) is 0 Å². The van der Waals surface area contributed by atoms with E-state index in [0.29, 0.717) is 13.2 Å². The normalized spacial score (nSPS) is 6.83. The van der Waals surface area contributed by atoms with Crippen LogP contribution in [-0.2, 0) is 9.47 Å². The lowest BCUT2D eigenvalue weighted by Crippen LogP contribution is -1.99. The molecule has 0 saturated carbocycles. The zero-order chi connectivity index (χ0) is 9.23. The van der Waals surface area contributed by atoms with Gasteiger partial charge in [0.1, 0.15) is 25.4 Å². The topological polar surface area (TPSA) is 18.5 Å². The molecule has 0 radical (unpaired) electrons. The quantitative estimate of drug-likeness (QED) is 0.463. The highest BCUT2D eigenvalue weighted by molar-refractivity contribution is 4.98. The van der Waals surface area contributed by atoms with Crippen molar-refractivity contribution in [3.05, 3.63) is 12.2 Å². The molecule has 0 aromatic carbocycles. The molecule has 0 aromatic rings. The first-order valence-electron chi connectivity index (χ1n) is 3.55. The molecule has 0 aliphatic carbocycles. The van der Waals surface area contributed by atoms with E-state index in [1.807, 2.05) is 0 Å². The molecule has 2 heteroatoms. The molecule has 0 amide bonds. The van der Waals surface area contributed by atoms with Gasteiger partial charge < -0.3 is 9.47 Å². The van der Waals surface area contributed by atoms with Crippen molar-refractivity contribution in [1.82, 2.24) is 0 Å². The Morgan fingerprint density at radius 1 is 1.08 bits per heavy atom. The third-order valence-electron chi connectivity index (χ3n) is 0.901. The predicted molar refractivity (Wildman–Crippen MR) is 47.9 cm³/mol. The second kappa shape index (κ2) is 7.57.